The van der Waals surface area contributed by atoms with Crippen molar-refractivity contribution in [2.45, 2.75) is 5.92 Å². The molecule has 1 atom stereocenters. The van der Waals surface area contributed by atoms with Gasteiger partial charge in [-0.3, -0.25) is 4.79 Å². The Morgan fingerprint density at radius 3 is 2.86 bits per heavy atom. The van der Waals surface area contributed by atoms with E-state index in [-0.39, 0.29) is 5.91 Å². The number of rotatable bonds is 1. The normalized spacial score (nSPS) is 19.7. The quantitative estimate of drug-likeness (QED) is 0.565. The fraction of sp³-hybridized carbons (Fsp3) is 0.200. The van der Waals surface area contributed by atoms with Gasteiger partial charge in [-0.05, 0) is 17.7 Å². The summed E-state index contributed by atoms with van der Waals surface area (Å²) in [6, 6.07) is 5.48. The summed E-state index contributed by atoms with van der Waals surface area (Å²) in [4.78, 5) is 23.8. The molecule has 1 aliphatic rings. The zero-order valence-corrected chi connectivity index (χ0v) is 9.11. The highest BCUT2D eigenvalue weighted by atomic mass is 79.9. The van der Waals surface area contributed by atoms with Crippen LogP contribution in [0, 0.1) is 0 Å². The highest BCUT2D eigenvalue weighted by Crippen LogP contribution is 2.36. The van der Waals surface area contributed by atoms with Gasteiger partial charge in [0, 0.05) is 17.2 Å². The first kappa shape index (κ1) is 9.40. The number of aldehydes is 1. The predicted molar refractivity (Wildman–Crippen MR) is 56.4 cm³/mol. The van der Waals surface area contributed by atoms with Gasteiger partial charge in [0.1, 0.15) is 12.2 Å². The second kappa shape index (κ2) is 3.20. The molecule has 1 amide bonds. The highest BCUT2D eigenvalue weighted by molar-refractivity contribution is 9.10. The number of carbonyl (C=O) groups is 2. The predicted octanol–water partition coefficient (Wildman–Crippen LogP) is 1.71. The first-order valence-corrected chi connectivity index (χ1v) is 4.96. The minimum Gasteiger partial charge on any atom is -0.314 e. The van der Waals surface area contributed by atoms with E-state index in [1.165, 1.54) is 4.90 Å². The van der Waals surface area contributed by atoms with Gasteiger partial charge < -0.3 is 9.69 Å². The summed E-state index contributed by atoms with van der Waals surface area (Å²) >= 11 is 3.33. The molecule has 1 unspecified atom stereocenters. The average molecular weight is 254 g/mol. The van der Waals surface area contributed by atoms with Gasteiger partial charge in [0.2, 0.25) is 5.91 Å². The lowest BCUT2D eigenvalue weighted by atomic mass is 10.0. The Hall–Kier alpha value is -1.16. The summed E-state index contributed by atoms with van der Waals surface area (Å²) in [5.74, 6) is -0.781. The third-order valence-corrected chi connectivity index (χ3v) is 2.91. The molecule has 0 spiro atoms. The number of nitrogens with zero attached hydrogens (tertiary/aromatic N) is 1. The molecule has 72 valence electrons. The molecule has 1 aliphatic heterocycles. The first-order chi connectivity index (χ1) is 6.65. The van der Waals surface area contributed by atoms with Gasteiger partial charge in [0.25, 0.3) is 0 Å². The highest BCUT2D eigenvalue weighted by Gasteiger charge is 2.34. The Balaban J connectivity index is 2.61. The number of hydrogen-bond acceptors (Lipinski definition) is 2. The summed E-state index contributed by atoms with van der Waals surface area (Å²) in [7, 11) is 1.68. The van der Waals surface area contributed by atoms with Crippen molar-refractivity contribution in [3.63, 3.8) is 0 Å². The molecule has 0 N–H and O–H groups in total. The van der Waals surface area contributed by atoms with Gasteiger partial charge in [-0.15, -0.1) is 0 Å². The van der Waals surface area contributed by atoms with Crippen LogP contribution in [0.25, 0.3) is 0 Å². The Bertz CT molecular complexity index is 417. The molecule has 1 heterocycles. The SMILES string of the molecule is CN1C(=O)C(C=O)c2ccc(Br)cc21. The van der Waals surface area contributed by atoms with Crippen LogP contribution < -0.4 is 4.90 Å². The molecule has 0 saturated carbocycles. The average Bonchev–Trinajstić information content (AvgIpc) is 2.41. The van der Waals surface area contributed by atoms with Crippen molar-refractivity contribution in [3.8, 4) is 0 Å². The monoisotopic (exact) mass is 253 g/mol. The molecule has 0 fully saturated rings. The molecule has 0 bridgehead atoms. The zero-order chi connectivity index (χ0) is 10.3. The van der Waals surface area contributed by atoms with E-state index in [1.54, 1.807) is 13.1 Å². The van der Waals surface area contributed by atoms with E-state index in [0.29, 0.717) is 6.29 Å². The van der Waals surface area contributed by atoms with Crippen LogP contribution in [0.5, 0.6) is 0 Å². The second-order valence-electron chi connectivity index (χ2n) is 3.21. The summed E-state index contributed by atoms with van der Waals surface area (Å²) in [5, 5.41) is 0. The maximum Gasteiger partial charge on any atom is 0.241 e. The molecule has 2 rings (SSSR count). The molecule has 0 aliphatic carbocycles. The van der Waals surface area contributed by atoms with Crippen LogP contribution in [0.2, 0.25) is 0 Å². The number of fused-ring (bicyclic) bond motifs is 1. The number of amides is 1. The number of likely N-dealkylation sites (N-methyl/N-ethyl adjacent to an activating group) is 1. The number of carbonyl (C=O) groups excluding carboxylic acids is 2. The van der Waals surface area contributed by atoms with Gasteiger partial charge in [-0.25, -0.2) is 0 Å². The number of halogens is 1. The van der Waals surface area contributed by atoms with E-state index in [9.17, 15) is 9.59 Å². The molecule has 3 nitrogen and oxygen atoms in total. The van der Waals surface area contributed by atoms with Crippen LogP contribution >= 0.6 is 15.9 Å². The lowest BCUT2D eigenvalue weighted by Crippen LogP contribution is -2.24. The fourth-order valence-corrected chi connectivity index (χ4v) is 2.01. The summed E-state index contributed by atoms with van der Waals surface area (Å²) in [5.41, 5.74) is 1.59. The van der Waals surface area contributed by atoms with Crippen LogP contribution in [0.15, 0.2) is 22.7 Å². The Kier molecular flexibility index (Phi) is 2.15. The van der Waals surface area contributed by atoms with Crippen molar-refractivity contribution in [1.82, 2.24) is 0 Å². The molecule has 4 heteroatoms. The maximum absolute atomic E-state index is 11.6. The smallest absolute Gasteiger partial charge is 0.241 e. The van der Waals surface area contributed by atoms with Gasteiger partial charge in [0.15, 0.2) is 0 Å². The Morgan fingerprint density at radius 2 is 2.21 bits per heavy atom. The van der Waals surface area contributed by atoms with Crippen LogP contribution in [-0.4, -0.2) is 19.2 Å². The molecular formula is C10H8BrNO2. The van der Waals surface area contributed by atoms with Gasteiger partial charge in [-0.2, -0.15) is 0 Å². The van der Waals surface area contributed by atoms with Crippen molar-refractivity contribution < 1.29 is 9.59 Å². The van der Waals surface area contributed by atoms with E-state index >= 15 is 0 Å². The van der Waals surface area contributed by atoms with E-state index in [0.717, 1.165) is 15.7 Å². The minimum absolute atomic E-state index is 0.159. The molecule has 1 aromatic rings. The zero-order valence-electron chi connectivity index (χ0n) is 7.53. The summed E-state index contributed by atoms with van der Waals surface area (Å²) < 4.78 is 0.905. The lowest BCUT2D eigenvalue weighted by Gasteiger charge is -2.09. The molecule has 0 aromatic heterocycles. The second-order valence-corrected chi connectivity index (χ2v) is 4.13. The molecule has 0 saturated heterocycles. The summed E-state index contributed by atoms with van der Waals surface area (Å²) in [6.07, 6.45) is 0.693. The fourth-order valence-electron chi connectivity index (χ4n) is 1.66. The Labute approximate surface area is 89.8 Å². The van der Waals surface area contributed by atoms with Crippen LogP contribution in [-0.2, 0) is 9.59 Å². The van der Waals surface area contributed by atoms with Gasteiger partial charge >= 0.3 is 0 Å². The number of hydrogen-bond donors (Lipinski definition) is 0. The van der Waals surface area contributed by atoms with Crippen molar-refractivity contribution in [2.24, 2.45) is 0 Å². The lowest BCUT2D eigenvalue weighted by molar-refractivity contribution is -0.122. The molecule has 14 heavy (non-hydrogen) atoms. The van der Waals surface area contributed by atoms with Crippen molar-refractivity contribution >= 4 is 33.8 Å². The Morgan fingerprint density at radius 1 is 1.50 bits per heavy atom. The third kappa shape index (κ3) is 1.18. The van der Waals surface area contributed by atoms with E-state index in [2.05, 4.69) is 15.9 Å². The van der Waals surface area contributed by atoms with E-state index < -0.39 is 5.92 Å². The maximum atomic E-state index is 11.6. The van der Waals surface area contributed by atoms with E-state index in [4.69, 9.17) is 0 Å². The number of anilines is 1. The topological polar surface area (TPSA) is 37.4 Å². The standard InChI is InChI=1S/C10H8BrNO2/c1-12-9-4-6(11)2-3-7(9)8(5-13)10(12)14/h2-5,8H,1H3. The first-order valence-electron chi connectivity index (χ1n) is 4.17. The van der Waals surface area contributed by atoms with Crippen molar-refractivity contribution in [2.75, 3.05) is 11.9 Å². The summed E-state index contributed by atoms with van der Waals surface area (Å²) in [6.45, 7) is 0. The van der Waals surface area contributed by atoms with Crippen molar-refractivity contribution in [3.05, 3.63) is 28.2 Å². The largest absolute Gasteiger partial charge is 0.314 e. The minimum atomic E-state index is -0.622. The van der Waals surface area contributed by atoms with Crippen molar-refractivity contribution in [1.29, 1.82) is 0 Å². The van der Waals surface area contributed by atoms with Gasteiger partial charge in [0.05, 0.1) is 0 Å². The molecule has 0 radical (unpaired) electrons. The molecular weight excluding hydrogens is 246 g/mol. The molecule has 1 aromatic carbocycles. The van der Waals surface area contributed by atoms with E-state index in [1.807, 2.05) is 12.1 Å². The number of benzene rings is 1. The van der Waals surface area contributed by atoms with Crippen LogP contribution in [0.4, 0.5) is 5.69 Å². The van der Waals surface area contributed by atoms with Gasteiger partial charge in [-0.1, -0.05) is 22.0 Å². The third-order valence-electron chi connectivity index (χ3n) is 2.42. The van der Waals surface area contributed by atoms with Crippen LogP contribution in [0.3, 0.4) is 0 Å². The van der Waals surface area contributed by atoms with Crippen LogP contribution in [0.1, 0.15) is 11.5 Å².